The summed E-state index contributed by atoms with van der Waals surface area (Å²) in [5, 5.41) is 3.15. The second-order valence-corrected chi connectivity index (χ2v) is 3.84. The lowest BCUT2D eigenvalue weighted by molar-refractivity contribution is 0.688. The molecule has 2 rings (SSSR count). The Hall–Kier alpha value is -1.64. The molecule has 1 aromatic carbocycles. The third-order valence-electron chi connectivity index (χ3n) is 2.32. The van der Waals surface area contributed by atoms with E-state index >= 15 is 0 Å². The molecule has 3 nitrogen and oxygen atoms in total. The minimum Gasteiger partial charge on any atom is -0.352 e. The van der Waals surface area contributed by atoms with Gasteiger partial charge in [-0.25, -0.2) is 9.98 Å². The molecule has 0 aliphatic carbocycles. The molecule has 15 heavy (non-hydrogen) atoms. The summed E-state index contributed by atoms with van der Waals surface area (Å²) >= 11 is 0. The summed E-state index contributed by atoms with van der Waals surface area (Å²) in [6, 6.07) is 8.27. The van der Waals surface area contributed by atoms with Crippen LogP contribution in [0.15, 0.2) is 34.3 Å². The maximum absolute atomic E-state index is 4.45. The summed E-state index contributed by atoms with van der Waals surface area (Å²) in [6.45, 7) is 6.05. The predicted octanol–water partition coefficient (Wildman–Crippen LogP) is 2.11. The quantitative estimate of drug-likeness (QED) is 0.742. The summed E-state index contributed by atoms with van der Waals surface area (Å²) in [6.07, 6.45) is 0.110. The molecule has 1 heterocycles. The van der Waals surface area contributed by atoms with E-state index in [-0.39, 0.29) is 6.17 Å². The highest BCUT2D eigenvalue weighted by molar-refractivity contribution is 6.07. The fourth-order valence-electron chi connectivity index (χ4n) is 1.58. The van der Waals surface area contributed by atoms with E-state index < -0.39 is 0 Å². The molecule has 0 aromatic heterocycles. The summed E-state index contributed by atoms with van der Waals surface area (Å²) in [5.41, 5.74) is 2.33. The standard InChI is InChI=1S/C12H15N3/c1-8-4-6-11(7-5-8)12-14-9(2)13-10(3)15-12/h4-7,9H,1-3H3,(H,13,14,15). The van der Waals surface area contributed by atoms with E-state index in [1.165, 1.54) is 5.56 Å². The third-order valence-corrected chi connectivity index (χ3v) is 2.32. The van der Waals surface area contributed by atoms with Gasteiger partial charge in [0.25, 0.3) is 0 Å². The van der Waals surface area contributed by atoms with Crippen molar-refractivity contribution in [3.8, 4) is 0 Å². The van der Waals surface area contributed by atoms with E-state index in [1.54, 1.807) is 0 Å². The van der Waals surface area contributed by atoms with Gasteiger partial charge in [0, 0.05) is 5.56 Å². The number of aliphatic imine (C=N–C) groups is 2. The molecule has 0 bridgehead atoms. The highest BCUT2D eigenvalue weighted by atomic mass is 15.2. The first-order valence-corrected chi connectivity index (χ1v) is 5.12. The van der Waals surface area contributed by atoms with Crippen LogP contribution < -0.4 is 5.32 Å². The van der Waals surface area contributed by atoms with E-state index in [4.69, 9.17) is 0 Å². The molecule has 0 saturated carbocycles. The van der Waals surface area contributed by atoms with Crippen LogP contribution in [-0.2, 0) is 0 Å². The minimum absolute atomic E-state index is 0.110. The van der Waals surface area contributed by atoms with E-state index in [9.17, 15) is 0 Å². The van der Waals surface area contributed by atoms with Gasteiger partial charge in [0.1, 0.15) is 12.0 Å². The highest BCUT2D eigenvalue weighted by Gasteiger charge is 2.11. The summed E-state index contributed by atoms with van der Waals surface area (Å²) in [7, 11) is 0. The molecular weight excluding hydrogens is 186 g/mol. The predicted molar refractivity (Wildman–Crippen MR) is 63.4 cm³/mol. The summed E-state index contributed by atoms with van der Waals surface area (Å²) in [5.74, 6) is 1.74. The first-order chi connectivity index (χ1) is 7.15. The molecule has 78 valence electrons. The molecule has 1 aliphatic heterocycles. The highest BCUT2D eigenvalue weighted by Crippen LogP contribution is 2.09. The van der Waals surface area contributed by atoms with Crippen LogP contribution in [0.5, 0.6) is 0 Å². The Labute approximate surface area is 90.0 Å². The number of aryl methyl sites for hydroxylation is 1. The van der Waals surface area contributed by atoms with Gasteiger partial charge in [0.05, 0.1) is 0 Å². The normalized spacial score (nSPS) is 20.3. The van der Waals surface area contributed by atoms with Crippen molar-refractivity contribution in [2.45, 2.75) is 26.9 Å². The fourth-order valence-corrected chi connectivity index (χ4v) is 1.58. The summed E-state index contributed by atoms with van der Waals surface area (Å²) in [4.78, 5) is 8.84. The Morgan fingerprint density at radius 2 is 1.80 bits per heavy atom. The van der Waals surface area contributed by atoms with Crippen molar-refractivity contribution in [1.29, 1.82) is 0 Å². The van der Waals surface area contributed by atoms with Crippen molar-refractivity contribution in [3.05, 3.63) is 35.4 Å². The Morgan fingerprint density at radius 1 is 1.13 bits per heavy atom. The van der Waals surface area contributed by atoms with Gasteiger partial charge in [-0.3, -0.25) is 0 Å². The average molecular weight is 201 g/mol. The second-order valence-electron chi connectivity index (χ2n) is 3.84. The van der Waals surface area contributed by atoms with Crippen molar-refractivity contribution < 1.29 is 0 Å². The molecule has 1 aliphatic rings. The van der Waals surface area contributed by atoms with Crippen molar-refractivity contribution in [2.75, 3.05) is 0 Å². The molecule has 1 aromatic rings. The van der Waals surface area contributed by atoms with E-state index in [1.807, 2.05) is 13.8 Å². The first-order valence-electron chi connectivity index (χ1n) is 5.12. The Kier molecular flexibility index (Phi) is 2.54. The van der Waals surface area contributed by atoms with Gasteiger partial charge >= 0.3 is 0 Å². The molecule has 0 fully saturated rings. The topological polar surface area (TPSA) is 36.8 Å². The zero-order chi connectivity index (χ0) is 10.8. The zero-order valence-electron chi connectivity index (χ0n) is 9.28. The Balaban J connectivity index is 2.35. The molecule has 1 N–H and O–H groups in total. The van der Waals surface area contributed by atoms with Crippen molar-refractivity contribution in [1.82, 2.24) is 5.32 Å². The second kappa shape index (κ2) is 3.85. The number of nitrogens with zero attached hydrogens (tertiary/aromatic N) is 2. The Morgan fingerprint density at radius 3 is 2.40 bits per heavy atom. The SMILES string of the molecule is CC1=NC(c2ccc(C)cc2)=NC(C)N1. The lowest BCUT2D eigenvalue weighted by Crippen LogP contribution is -2.34. The summed E-state index contributed by atoms with van der Waals surface area (Å²) < 4.78 is 0. The number of benzene rings is 1. The van der Waals surface area contributed by atoms with Gasteiger partial charge in [-0.2, -0.15) is 0 Å². The van der Waals surface area contributed by atoms with Crippen LogP contribution >= 0.6 is 0 Å². The number of nitrogens with one attached hydrogen (secondary N) is 1. The van der Waals surface area contributed by atoms with Gasteiger partial charge in [-0.05, 0) is 20.8 Å². The number of hydrogen-bond donors (Lipinski definition) is 1. The first kappa shape index (κ1) is 9.90. The van der Waals surface area contributed by atoms with Crippen LogP contribution in [0.4, 0.5) is 0 Å². The molecule has 1 atom stereocenters. The van der Waals surface area contributed by atoms with E-state index in [2.05, 4.69) is 46.5 Å². The number of hydrogen-bond acceptors (Lipinski definition) is 3. The molecule has 0 amide bonds. The van der Waals surface area contributed by atoms with Crippen LogP contribution in [0, 0.1) is 6.92 Å². The minimum atomic E-state index is 0.110. The molecular formula is C12H15N3. The monoisotopic (exact) mass is 201 g/mol. The van der Waals surface area contributed by atoms with E-state index in [0.29, 0.717) is 0 Å². The molecule has 1 unspecified atom stereocenters. The fraction of sp³-hybridized carbons (Fsp3) is 0.333. The van der Waals surface area contributed by atoms with Crippen LogP contribution in [0.3, 0.4) is 0 Å². The van der Waals surface area contributed by atoms with Crippen LogP contribution in [0.25, 0.3) is 0 Å². The lowest BCUT2D eigenvalue weighted by atomic mass is 10.1. The van der Waals surface area contributed by atoms with Crippen molar-refractivity contribution >= 4 is 11.7 Å². The van der Waals surface area contributed by atoms with Crippen molar-refractivity contribution in [3.63, 3.8) is 0 Å². The Bertz CT molecular complexity index is 415. The van der Waals surface area contributed by atoms with Crippen LogP contribution in [0.1, 0.15) is 25.0 Å². The molecule has 0 radical (unpaired) electrons. The van der Waals surface area contributed by atoms with Crippen LogP contribution in [0.2, 0.25) is 0 Å². The molecule has 0 spiro atoms. The van der Waals surface area contributed by atoms with Gasteiger partial charge in [-0.1, -0.05) is 29.8 Å². The number of amidine groups is 2. The average Bonchev–Trinajstić information content (AvgIpc) is 2.17. The smallest absolute Gasteiger partial charge is 0.158 e. The lowest BCUT2D eigenvalue weighted by Gasteiger charge is -2.17. The molecule has 0 saturated heterocycles. The zero-order valence-corrected chi connectivity index (χ0v) is 9.28. The van der Waals surface area contributed by atoms with Crippen molar-refractivity contribution in [2.24, 2.45) is 9.98 Å². The molecule has 3 heteroatoms. The van der Waals surface area contributed by atoms with E-state index in [0.717, 1.165) is 17.2 Å². The largest absolute Gasteiger partial charge is 0.352 e. The van der Waals surface area contributed by atoms with Gasteiger partial charge in [0.15, 0.2) is 5.84 Å². The maximum atomic E-state index is 4.45. The van der Waals surface area contributed by atoms with Crippen LogP contribution in [-0.4, -0.2) is 17.8 Å². The maximum Gasteiger partial charge on any atom is 0.158 e. The van der Waals surface area contributed by atoms with Gasteiger partial charge < -0.3 is 5.32 Å². The van der Waals surface area contributed by atoms with Gasteiger partial charge in [0.2, 0.25) is 0 Å². The third kappa shape index (κ3) is 2.24. The number of rotatable bonds is 1. The van der Waals surface area contributed by atoms with Gasteiger partial charge in [-0.15, -0.1) is 0 Å².